The van der Waals surface area contributed by atoms with Gasteiger partial charge < -0.3 is 15.4 Å². The minimum absolute atomic E-state index is 0. The lowest BCUT2D eigenvalue weighted by Crippen LogP contribution is -2.44. The van der Waals surface area contributed by atoms with Crippen LogP contribution in [0, 0.1) is 11.8 Å². The van der Waals surface area contributed by atoms with Crippen molar-refractivity contribution in [1.82, 2.24) is 15.5 Å². The summed E-state index contributed by atoms with van der Waals surface area (Å²) in [5.74, 6) is 2.20. The molecule has 0 amide bonds. The number of ether oxygens (including phenoxy) is 1. The molecule has 1 aromatic heterocycles. The molecular formula is C20H37IN4OS. The first-order chi connectivity index (χ1) is 12.7. The molecule has 0 bridgehead atoms. The molecule has 0 saturated carbocycles. The molecule has 156 valence electrons. The van der Waals surface area contributed by atoms with Crippen molar-refractivity contribution in [2.75, 3.05) is 46.4 Å². The van der Waals surface area contributed by atoms with Crippen molar-refractivity contribution < 1.29 is 4.74 Å². The third-order valence-corrected chi connectivity index (χ3v) is 5.41. The van der Waals surface area contributed by atoms with Crippen LogP contribution in [0.25, 0.3) is 0 Å². The fourth-order valence-corrected chi connectivity index (χ4v) is 3.99. The molecule has 1 saturated heterocycles. The average Bonchev–Trinajstić information content (AvgIpc) is 3.13. The van der Waals surface area contributed by atoms with Gasteiger partial charge in [-0.3, -0.25) is 9.89 Å². The summed E-state index contributed by atoms with van der Waals surface area (Å²) < 4.78 is 5.62. The van der Waals surface area contributed by atoms with Gasteiger partial charge in [0.2, 0.25) is 0 Å². The Bertz CT molecular complexity index is 510. The van der Waals surface area contributed by atoms with E-state index in [0.29, 0.717) is 11.8 Å². The molecule has 2 rings (SSSR count). The van der Waals surface area contributed by atoms with Gasteiger partial charge in [-0.25, -0.2) is 0 Å². The predicted octanol–water partition coefficient (Wildman–Crippen LogP) is 3.81. The van der Waals surface area contributed by atoms with Crippen LogP contribution in [-0.2, 0) is 11.3 Å². The normalized spacial score (nSPS) is 18.4. The number of hydrogen-bond donors (Lipinski definition) is 2. The second-order valence-corrected chi connectivity index (χ2v) is 8.56. The molecule has 1 aliphatic heterocycles. The number of rotatable bonds is 10. The Balaban J connectivity index is 0.00000364. The Labute approximate surface area is 186 Å². The van der Waals surface area contributed by atoms with Crippen molar-refractivity contribution in [1.29, 1.82) is 0 Å². The zero-order valence-electron chi connectivity index (χ0n) is 17.1. The van der Waals surface area contributed by atoms with Crippen LogP contribution >= 0.6 is 35.3 Å². The lowest BCUT2D eigenvalue weighted by Gasteiger charge is -2.32. The molecule has 2 heterocycles. The zero-order valence-corrected chi connectivity index (χ0v) is 20.2. The van der Waals surface area contributed by atoms with E-state index in [-0.39, 0.29) is 24.0 Å². The first-order valence-electron chi connectivity index (χ1n) is 9.94. The summed E-state index contributed by atoms with van der Waals surface area (Å²) in [7, 11) is 1.84. The Hall–Kier alpha value is -0.380. The molecule has 27 heavy (non-hydrogen) atoms. The average molecular weight is 509 g/mol. The highest BCUT2D eigenvalue weighted by atomic mass is 127. The molecule has 0 aromatic carbocycles. The minimum Gasteiger partial charge on any atom is -0.381 e. The van der Waals surface area contributed by atoms with Crippen LogP contribution in [0.3, 0.4) is 0 Å². The molecule has 1 aliphatic rings. The van der Waals surface area contributed by atoms with Gasteiger partial charge in [-0.2, -0.15) is 0 Å². The SMILES string of the molecule is CN=C(NCCCOCC(C)C)NCC1CCCN(Cc2cccs2)C1.I. The van der Waals surface area contributed by atoms with E-state index >= 15 is 0 Å². The number of halogens is 1. The van der Waals surface area contributed by atoms with Crippen LogP contribution in [0.2, 0.25) is 0 Å². The Morgan fingerprint density at radius 3 is 2.96 bits per heavy atom. The Morgan fingerprint density at radius 1 is 1.41 bits per heavy atom. The molecule has 0 radical (unpaired) electrons. The number of likely N-dealkylation sites (tertiary alicyclic amines) is 1. The number of piperidine rings is 1. The van der Waals surface area contributed by atoms with E-state index in [4.69, 9.17) is 4.74 Å². The van der Waals surface area contributed by atoms with Crippen molar-refractivity contribution in [2.24, 2.45) is 16.8 Å². The molecular weight excluding hydrogens is 471 g/mol. The van der Waals surface area contributed by atoms with E-state index < -0.39 is 0 Å². The molecule has 7 heteroatoms. The van der Waals surface area contributed by atoms with Crippen LogP contribution < -0.4 is 10.6 Å². The van der Waals surface area contributed by atoms with Gasteiger partial charge in [0.15, 0.2) is 5.96 Å². The van der Waals surface area contributed by atoms with Gasteiger partial charge in [-0.05, 0) is 49.1 Å². The minimum atomic E-state index is 0. The van der Waals surface area contributed by atoms with Gasteiger partial charge in [-0.1, -0.05) is 19.9 Å². The van der Waals surface area contributed by atoms with Crippen LogP contribution in [0.1, 0.15) is 38.0 Å². The summed E-state index contributed by atoms with van der Waals surface area (Å²) in [5.41, 5.74) is 0. The number of guanidine groups is 1. The van der Waals surface area contributed by atoms with Gasteiger partial charge in [-0.15, -0.1) is 35.3 Å². The van der Waals surface area contributed by atoms with E-state index in [2.05, 4.69) is 51.9 Å². The summed E-state index contributed by atoms with van der Waals surface area (Å²) >= 11 is 1.86. The molecule has 1 unspecified atom stereocenters. The molecule has 0 spiro atoms. The second-order valence-electron chi connectivity index (χ2n) is 7.52. The standard InChI is InChI=1S/C20H36N4OS.HI/c1-17(2)16-25-11-6-9-22-20(21-3)23-13-18-7-4-10-24(14-18)15-19-8-5-12-26-19;/h5,8,12,17-18H,4,6-7,9-11,13-16H2,1-3H3,(H2,21,22,23);1H. The number of hydrogen-bond acceptors (Lipinski definition) is 4. The summed E-state index contributed by atoms with van der Waals surface area (Å²) in [5, 5.41) is 9.06. The number of nitrogens with zero attached hydrogens (tertiary/aromatic N) is 2. The molecule has 1 fully saturated rings. The molecule has 5 nitrogen and oxygen atoms in total. The van der Waals surface area contributed by atoms with Crippen molar-refractivity contribution in [2.45, 2.75) is 39.7 Å². The van der Waals surface area contributed by atoms with E-state index in [0.717, 1.165) is 45.2 Å². The molecule has 1 atom stereocenters. The first-order valence-corrected chi connectivity index (χ1v) is 10.8. The highest BCUT2D eigenvalue weighted by Crippen LogP contribution is 2.19. The highest BCUT2D eigenvalue weighted by Gasteiger charge is 2.20. The van der Waals surface area contributed by atoms with Gasteiger partial charge in [0.25, 0.3) is 0 Å². The topological polar surface area (TPSA) is 48.9 Å². The van der Waals surface area contributed by atoms with E-state index in [9.17, 15) is 0 Å². The molecule has 0 aliphatic carbocycles. The number of aliphatic imine (C=N–C) groups is 1. The van der Waals surface area contributed by atoms with Crippen LogP contribution in [0.5, 0.6) is 0 Å². The number of nitrogens with one attached hydrogen (secondary N) is 2. The van der Waals surface area contributed by atoms with Crippen molar-refractivity contribution in [3.8, 4) is 0 Å². The lowest BCUT2D eigenvalue weighted by molar-refractivity contribution is 0.108. The maximum absolute atomic E-state index is 5.62. The van der Waals surface area contributed by atoms with Crippen molar-refractivity contribution >= 4 is 41.3 Å². The van der Waals surface area contributed by atoms with Crippen LogP contribution in [0.4, 0.5) is 0 Å². The fourth-order valence-electron chi connectivity index (χ4n) is 3.25. The third-order valence-electron chi connectivity index (χ3n) is 4.55. The molecule has 1 aromatic rings. The largest absolute Gasteiger partial charge is 0.381 e. The van der Waals surface area contributed by atoms with Gasteiger partial charge in [0, 0.05) is 51.3 Å². The van der Waals surface area contributed by atoms with Gasteiger partial charge in [0.1, 0.15) is 0 Å². The van der Waals surface area contributed by atoms with Crippen LogP contribution in [0.15, 0.2) is 22.5 Å². The maximum Gasteiger partial charge on any atom is 0.190 e. The number of thiophene rings is 1. The zero-order chi connectivity index (χ0) is 18.6. The fraction of sp³-hybridized carbons (Fsp3) is 0.750. The lowest BCUT2D eigenvalue weighted by atomic mass is 9.98. The highest BCUT2D eigenvalue weighted by molar-refractivity contribution is 14.0. The smallest absolute Gasteiger partial charge is 0.190 e. The van der Waals surface area contributed by atoms with Crippen LogP contribution in [-0.4, -0.2) is 57.3 Å². The van der Waals surface area contributed by atoms with Crippen molar-refractivity contribution in [3.05, 3.63) is 22.4 Å². The van der Waals surface area contributed by atoms with Gasteiger partial charge >= 0.3 is 0 Å². The van der Waals surface area contributed by atoms with Crippen molar-refractivity contribution in [3.63, 3.8) is 0 Å². The maximum atomic E-state index is 5.62. The predicted molar refractivity (Wildman–Crippen MR) is 127 cm³/mol. The van der Waals surface area contributed by atoms with E-state index in [1.165, 1.54) is 30.8 Å². The molecule has 2 N–H and O–H groups in total. The van der Waals surface area contributed by atoms with Gasteiger partial charge in [0.05, 0.1) is 0 Å². The summed E-state index contributed by atoms with van der Waals surface area (Å²) in [6, 6.07) is 4.38. The monoisotopic (exact) mass is 508 g/mol. The third kappa shape index (κ3) is 10.7. The quantitative estimate of drug-likeness (QED) is 0.219. The summed E-state index contributed by atoms with van der Waals surface area (Å²) in [4.78, 5) is 8.40. The summed E-state index contributed by atoms with van der Waals surface area (Å²) in [6.45, 7) is 11.4. The van der Waals surface area contributed by atoms with E-state index in [1.807, 2.05) is 18.4 Å². The Kier molecular flexibility index (Phi) is 13.3. The van der Waals surface area contributed by atoms with E-state index in [1.54, 1.807) is 0 Å². The summed E-state index contributed by atoms with van der Waals surface area (Å²) in [6.07, 6.45) is 3.59. The first kappa shape index (κ1) is 24.7. The second kappa shape index (κ2) is 14.6. The Morgan fingerprint density at radius 2 is 2.26 bits per heavy atom.